The highest BCUT2D eigenvalue weighted by Crippen LogP contribution is 2.21. The van der Waals surface area contributed by atoms with Crippen LogP contribution in [0.25, 0.3) is 0 Å². The molecule has 0 aliphatic heterocycles. The van der Waals surface area contributed by atoms with E-state index in [0.29, 0.717) is 16.9 Å². The van der Waals surface area contributed by atoms with Crippen LogP contribution in [0.1, 0.15) is 29.3 Å². The average molecular weight is 366 g/mol. The number of ether oxygens (including phenoxy) is 3. The number of hydrogen-bond donors (Lipinski definition) is 0. The van der Waals surface area contributed by atoms with Gasteiger partial charge in [0.2, 0.25) is 0 Å². The molecule has 0 amide bonds. The highest BCUT2D eigenvalue weighted by molar-refractivity contribution is 5.91. The zero-order valence-corrected chi connectivity index (χ0v) is 14.0. The third-order valence-electron chi connectivity index (χ3n) is 3.16. The minimum atomic E-state index is -4.69. The van der Waals surface area contributed by atoms with Crippen molar-refractivity contribution in [1.29, 1.82) is 0 Å². The Bertz CT molecular complexity index is 735. The van der Waals surface area contributed by atoms with E-state index in [1.807, 2.05) is 13.0 Å². The Labute approximate surface area is 148 Å². The highest BCUT2D eigenvalue weighted by Gasteiger charge is 2.28. The Kier molecular flexibility index (Phi) is 6.80. The van der Waals surface area contributed by atoms with Crippen molar-refractivity contribution >= 4 is 5.97 Å². The fourth-order valence-electron chi connectivity index (χ4n) is 1.88. The summed E-state index contributed by atoms with van der Waals surface area (Å²) in [6, 6.07) is 12.0. The second-order valence-corrected chi connectivity index (χ2v) is 5.19. The van der Waals surface area contributed by atoms with E-state index < -0.39 is 18.9 Å². The van der Waals surface area contributed by atoms with Crippen LogP contribution in [0, 0.1) is 0 Å². The topological polar surface area (TPSA) is 44.8 Å². The quantitative estimate of drug-likeness (QED) is 0.382. The molecular weight excluding hydrogens is 349 g/mol. The number of hydrogen-bond acceptors (Lipinski definition) is 4. The van der Waals surface area contributed by atoms with Crippen LogP contribution in [0.4, 0.5) is 13.2 Å². The molecule has 26 heavy (non-hydrogen) atoms. The van der Waals surface area contributed by atoms with Gasteiger partial charge in [-0.1, -0.05) is 19.1 Å². The van der Waals surface area contributed by atoms with Crippen LogP contribution in [0.3, 0.4) is 0 Å². The number of alkyl halides is 3. The summed E-state index contributed by atoms with van der Waals surface area (Å²) < 4.78 is 50.2. The number of esters is 1. The third-order valence-corrected chi connectivity index (χ3v) is 3.16. The summed E-state index contributed by atoms with van der Waals surface area (Å²) in [6.07, 6.45) is -0.415. The van der Waals surface area contributed by atoms with Gasteiger partial charge in [0.1, 0.15) is 11.5 Å². The summed E-state index contributed by atoms with van der Waals surface area (Å²) in [5.74, 6) is 0.220. The van der Waals surface area contributed by atoms with Crippen LogP contribution in [0.5, 0.6) is 11.5 Å². The van der Waals surface area contributed by atoms with Crippen LogP contribution in [-0.2, 0) is 11.3 Å². The lowest BCUT2D eigenvalue weighted by Gasteiger charge is -2.08. The normalized spacial score (nSPS) is 11.5. The van der Waals surface area contributed by atoms with Gasteiger partial charge < -0.3 is 9.47 Å². The van der Waals surface area contributed by atoms with Crippen molar-refractivity contribution in [3.63, 3.8) is 0 Å². The van der Waals surface area contributed by atoms with Crippen LogP contribution in [-0.4, -0.2) is 12.3 Å². The first-order chi connectivity index (χ1) is 12.4. The molecule has 138 valence electrons. The minimum Gasteiger partial charge on any atom is -0.465 e. The van der Waals surface area contributed by atoms with Crippen molar-refractivity contribution in [2.45, 2.75) is 26.3 Å². The van der Waals surface area contributed by atoms with E-state index >= 15 is 0 Å². The number of carbonyl (C=O) groups is 1. The number of halogens is 3. The van der Waals surface area contributed by atoms with E-state index in [0.717, 1.165) is 6.42 Å². The van der Waals surface area contributed by atoms with Gasteiger partial charge in [-0.15, -0.1) is 13.2 Å². The number of allylic oxidation sites excluding steroid dienone is 1. The zero-order valence-electron chi connectivity index (χ0n) is 14.0. The molecule has 2 rings (SSSR count). The summed E-state index contributed by atoms with van der Waals surface area (Å²) in [6.45, 7) is 1.38. The summed E-state index contributed by atoms with van der Waals surface area (Å²) in [5.41, 5.74) is 0.630. The van der Waals surface area contributed by atoms with Gasteiger partial charge in [-0.3, -0.25) is 4.74 Å². The maximum absolute atomic E-state index is 12.1. The molecule has 4 nitrogen and oxygen atoms in total. The van der Waals surface area contributed by atoms with Crippen LogP contribution in [0.15, 0.2) is 60.9 Å². The Morgan fingerprint density at radius 2 is 1.62 bits per heavy atom. The lowest BCUT2D eigenvalue weighted by molar-refractivity contribution is -0.330. The van der Waals surface area contributed by atoms with E-state index in [2.05, 4.69) is 4.74 Å². The molecule has 2 aromatic rings. The first-order valence-corrected chi connectivity index (χ1v) is 7.81. The molecule has 0 aliphatic rings. The first kappa shape index (κ1) is 19.5. The molecule has 0 bridgehead atoms. The lowest BCUT2D eigenvalue weighted by Crippen LogP contribution is -2.13. The van der Waals surface area contributed by atoms with Gasteiger partial charge >= 0.3 is 12.3 Å². The van der Waals surface area contributed by atoms with Crippen LogP contribution >= 0.6 is 0 Å². The molecule has 0 fully saturated rings. The van der Waals surface area contributed by atoms with Crippen molar-refractivity contribution < 1.29 is 32.2 Å². The van der Waals surface area contributed by atoms with Crippen molar-refractivity contribution in [2.24, 2.45) is 0 Å². The maximum Gasteiger partial charge on any atom is 0.522 e. The predicted molar refractivity (Wildman–Crippen MR) is 88.7 cm³/mol. The molecule has 0 radical (unpaired) electrons. The van der Waals surface area contributed by atoms with Crippen molar-refractivity contribution in [1.82, 2.24) is 0 Å². The van der Waals surface area contributed by atoms with Gasteiger partial charge in [0.05, 0.1) is 18.4 Å². The molecule has 0 saturated carbocycles. The smallest absolute Gasteiger partial charge is 0.465 e. The largest absolute Gasteiger partial charge is 0.522 e. The molecule has 0 heterocycles. The highest BCUT2D eigenvalue weighted by atomic mass is 19.4. The van der Waals surface area contributed by atoms with Gasteiger partial charge in [-0.05, 0) is 54.5 Å². The Balaban J connectivity index is 1.91. The van der Waals surface area contributed by atoms with E-state index in [1.54, 1.807) is 30.5 Å². The zero-order chi connectivity index (χ0) is 19.0. The minimum absolute atomic E-state index is 0.219. The SMILES string of the molecule is CC/C=C/Oc1ccc(C(=O)Oc2ccc(COC(F)(F)F)cc2)cc1. The van der Waals surface area contributed by atoms with Gasteiger partial charge in [0, 0.05) is 0 Å². The molecule has 0 spiro atoms. The molecule has 2 aromatic carbocycles. The van der Waals surface area contributed by atoms with E-state index in [9.17, 15) is 18.0 Å². The second kappa shape index (κ2) is 9.05. The molecule has 0 aromatic heterocycles. The van der Waals surface area contributed by atoms with Crippen molar-refractivity contribution in [3.05, 3.63) is 72.0 Å². The molecule has 0 unspecified atom stereocenters. The fraction of sp³-hybridized carbons (Fsp3) is 0.211. The molecule has 0 atom stereocenters. The Morgan fingerprint density at radius 3 is 2.19 bits per heavy atom. The van der Waals surface area contributed by atoms with Crippen LogP contribution in [0.2, 0.25) is 0 Å². The maximum atomic E-state index is 12.1. The summed E-state index contributed by atoms with van der Waals surface area (Å²) >= 11 is 0. The Morgan fingerprint density at radius 1 is 1.00 bits per heavy atom. The number of carbonyl (C=O) groups excluding carboxylic acids is 1. The molecule has 0 aliphatic carbocycles. The predicted octanol–water partition coefficient (Wildman–Crippen LogP) is 5.24. The van der Waals surface area contributed by atoms with Gasteiger partial charge in [0.25, 0.3) is 0 Å². The van der Waals surface area contributed by atoms with Gasteiger partial charge in [-0.25, -0.2) is 4.79 Å². The summed E-state index contributed by atoms with van der Waals surface area (Å²) in [7, 11) is 0. The number of rotatable bonds is 7. The monoisotopic (exact) mass is 366 g/mol. The van der Waals surface area contributed by atoms with E-state index in [1.165, 1.54) is 24.3 Å². The Hall–Kier alpha value is -2.80. The average Bonchev–Trinajstić information content (AvgIpc) is 2.61. The molecule has 7 heteroatoms. The third kappa shape index (κ3) is 6.60. The molecular formula is C19H17F3O4. The first-order valence-electron chi connectivity index (χ1n) is 7.81. The fourth-order valence-corrected chi connectivity index (χ4v) is 1.88. The molecule has 0 N–H and O–H groups in total. The second-order valence-electron chi connectivity index (χ2n) is 5.19. The van der Waals surface area contributed by atoms with E-state index in [4.69, 9.17) is 9.47 Å². The van der Waals surface area contributed by atoms with Crippen LogP contribution < -0.4 is 9.47 Å². The van der Waals surface area contributed by atoms with Crippen molar-refractivity contribution in [2.75, 3.05) is 0 Å². The summed E-state index contributed by atoms with van der Waals surface area (Å²) in [5, 5.41) is 0. The number of benzene rings is 2. The standard InChI is InChI=1S/C19H17F3O4/c1-2-3-12-24-16-10-6-15(7-11-16)18(23)26-17-8-4-14(5-9-17)13-25-19(20,21)22/h3-12H,2,13H2,1H3/b12-3+. The van der Waals surface area contributed by atoms with E-state index in [-0.39, 0.29) is 5.75 Å². The lowest BCUT2D eigenvalue weighted by atomic mass is 10.2. The summed E-state index contributed by atoms with van der Waals surface area (Å²) in [4.78, 5) is 12.1. The van der Waals surface area contributed by atoms with Crippen molar-refractivity contribution in [3.8, 4) is 11.5 Å². The van der Waals surface area contributed by atoms with Gasteiger partial charge in [0.15, 0.2) is 0 Å². The molecule has 0 saturated heterocycles. The van der Waals surface area contributed by atoms with Gasteiger partial charge in [-0.2, -0.15) is 0 Å².